The zero-order valence-corrected chi connectivity index (χ0v) is 20.1. The summed E-state index contributed by atoms with van der Waals surface area (Å²) in [5.74, 6) is -0.0751. The normalized spacial score (nSPS) is 11.6. The van der Waals surface area contributed by atoms with E-state index in [4.69, 9.17) is 27.9 Å². The second-order valence-electron chi connectivity index (χ2n) is 6.73. The van der Waals surface area contributed by atoms with Crippen LogP contribution in [0.3, 0.4) is 0 Å². The number of rotatable bonds is 10. The van der Waals surface area contributed by atoms with Gasteiger partial charge in [-0.3, -0.25) is 9.59 Å². The van der Waals surface area contributed by atoms with Gasteiger partial charge in [-0.25, -0.2) is 0 Å². The van der Waals surface area contributed by atoms with Crippen molar-refractivity contribution >= 4 is 50.9 Å². The Bertz CT molecular complexity index is 862. The van der Waals surface area contributed by atoms with Gasteiger partial charge in [0, 0.05) is 22.6 Å². The number of nitrogens with zero attached hydrogens (tertiary/aromatic N) is 1. The minimum Gasteiger partial charge on any atom is -0.482 e. The van der Waals surface area contributed by atoms with Gasteiger partial charge < -0.3 is 15.0 Å². The fourth-order valence-corrected chi connectivity index (χ4v) is 3.74. The number of halogens is 3. The average Bonchev–Trinajstić information content (AvgIpc) is 2.72. The lowest BCUT2D eigenvalue weighted by Gasteiger charge is -2.30. The van der Waals surface area contributed by atoms with Crippen LogP contribution in [0.1, 0.15) is 32.3 Å². The van der Waals surface area contributed by atoms with Gasteiger partial charge in [0.2, 0.25) is 5.91 Å². The summed E-state index contributed by atoms with van der Waals surface area (Å²) in [5, 5.41) is 3.89. The summed E-state index contributed by atoms with van der Waals surface area (Å²) >= 11 is 15.5. The molecule has 8 heteroatoms. The van der Waals surface area contributed by atoms with E-state index in [9.17, 15) is 9.59 Å². The van der Waals surface area contributed by atoms with Crippen molar-refractivity contribution in [2.45, 2.75) is 39.3 Å². The van der Waals surface area contributed by atoms with Gasteiger partial charge in [0.25, 0.3) is 5.91 Å². The van der Waals surface area contributed by atoms with E-state index < -0.39 is 6.04 Å². The molecule has 1 N–H and O–H groups in total. The van der Waals surface area contributed by atoms with Crippen LogP contribution in [0.15, 0.2) is 46.9 Å². The third kappa shape index (κ3) is 7.18. The molecule has 0 aliphatic carbocycles. The SMILES string of the molecule is CCCNC(=O)[C@H](CC)N(Cc1ccc(Cl)cc1)C(=O)COc1ccc(Br)cc1Cl. The first kappa shape index (κ1) is 24.5. The summed E-state index contributed by atoms with van der Waals surface area (Å²) < 4.78 is 6.46. The van der Waals surface area contributed by atoms with Gasteiger partial charge in [0.1, 0.15) is 11.8 Å². The predicted molar refractivity (Wildman–Crippen MR) is 124 cm³/mol. The highest BCUT2D eigenvalue weighted by Gasteiger charge is 2.28. The van der Waals surface area contributed by atoms with Crippen molar-refractivity contribution < 1.29 is 14.3 Å². The van der Waals surface area contributed by atoms with Crippen LogP contribution in [-0.4, -0.2) is 35.9 Å². The van der Waals surface area contributed by atoms with Crippen molar-refractivity contribution in [3.05, 3.63) is 62.5 Å². The fourth-order valence-electron chi connectivity index (χ4n) is 2.89. The van der Waals surface area contributed by atoms with E-state index in [2.05, 4.69) is 21.2 Å². The number of amides is 2. The Morgan fingerprint density at radius 2 is 1.83 bits per heavy atom. The maximum Gasteiger partial charge on any atom is 0.261 e. The van der Waals surface area contributed by atoms with Crippen molar-refractivity contribution in [3.63, 3.8) is 0 Å². The van der Waals surface area contributed by atoms with Crippen LogP contribution in [0.5, 0.6) is 5.75 Å². The maximum atomic E-state index is 13.1. The molecule has 0 bridgehead atoms. The zero-order valence-electron chi connectivity index (χ0n) is 17.0. The zero-order chi connectivity index (χ0) is 22.1. The monoisotopic (exact) mass is 514 g/mol. The van der Waals surface area contributed by atoms with Gasteiger partial charge in [0.05, 0.1) is 5.02 Å². The van der Waals surface area contributed by atoms with Crippen molar-refractivity contribution in [2.75, 3.05) is 13.2 Å². The number of ether oxygens (including phenoxy) is 1. The standard InChI is InChI=1S/C22H25BrCl2N2O3/c1-3-11-26-22(29)19(4-2)27(13-15-5-8-17(24)9-6-15)21(28)14-30-20-10-7-16(23)12-18(20)25/h5-10,12,19H,3-4,11,13-14H2,1-2H3,(H,26,29)/t19-/m0/s1. The predicted octanol–water partition coefficient (Wildman–Crippen LogP) is 5.47. The van der Waals surface area contributed by atoms with Gasteiger partial charge in [-0.15, -0.1) is 0 Å². The van der Waals surface area contributed by atoms with Crippen LogP contribution < -0.4 is 10.1 Å². The van der Waals surface area contributed by atoms with E-state index in [1.807, 2.05) is 26.0 Å². The molecule has 2 amide bonds. The summed E-state index contributed by atoms with van der Waals surface area (Å²) in [7, 11) is 0. The van der Waals surface area contributed by atoms with Crippen LogP contribution in [0.25, 0.3) is 0 Å². The quantitative estimate of drug-likeness (QED) is 0.456. The van der Waals surface area contributed by atoms with Gasteiger partial charge in [-0.2, -0.15) is 0 Å². The molecule has 0 radical (unpaired) electrons. The van der Waals surface area contributed by atoms with Crippen molar-refractivity contribution in [2.24, 2.45) is 0 Å². The smallest absolute Gasteiger partial charge is 0.261 e. The molecule has 162 valence electrons. The van der Waals surface area contributed by atoms with Crippen molar-refractivity contribution in [3.8, 4) is 5.75 Å². The third-order valence-corrected chi connectivity index (χ3v) is 5.49. The lowest BCUT2D eigenvalue weighted by Crippen LogP contribution is -2.50. The number of carbonyl (C=O) groups is 2. The summed E-state index contributed by atoms with van der Waals surface area (Å²) in [6, 6.07) is 11.8. The third-order valence-electron chi connectivity index (χ3n) is 4.45. The van der Waals surface area contributed by atoms with Crippen molar-refractivity contribution in [1.82, 2.24) is 10.2 Å². The Morgan fingerprint density at radius 1 is 1.13 bits per heavy atom. The number of nitrogens with one attached hydrogen (secondary N) is 1. The second kappa shape index (κ2) is 12.2. The number of benzene rings is 2. The lowest BCUT2D eigenvalue weighted by atomic mass is 10.1. The summed E-state index contributed by atoms with van der Waals surface area (Å²) in [6.45, 7) is 4.46. The van der Waals surface area contributed by atoms with Crippen LogP contribution >= 0.6 is 39.1 Å². The average molecular weight is 516 g/mol. The molecule has 2 aromatic carbocycles. The molecule has 0 aromatic heterocycles. The highest BCUT2D eigenvalue weighted by molar-refractivity contribution is 9.10. The molecule has 0 spiro atoms. The Labute approximate surface area is 195 Å². The Hall–Kier alpha value is -1.76. The first-order valence-corrected chi connectivity index (χ1v) is 11.3. The molecule has 0 aliphatic heterocycles. The second-order valence-corrected chi connectivity index (χ2v) is 8.49. The Kier molecular flexibility index (Phi) is 9.95. The fraction of sp³-hybridized carbons (Fsp3) is 0.364. The topological polar surface area (TPSA) is 58.6 Å². The van der Waals surface area contributed by atoms with Crippen LogP contribution in [0.2, 0.25) is 10.0 Å². The first-order valence-electron chi connectivity index (χ1n) is 9.75. The summed E-state index contributed by atoms with van der Waals surface area (Å²) in [6.07, 6.45) is 1.30. The molecule has 0 aliphatic rings. The van der Waals surface area contributed by atoms with Crippen LogP contribution in [0, 0.1) is 0 Å². The number of hydrogen-bond donors (Lipinski definition) is 1. The molecule has 0 heterocycles. The molecule has 5 nitrogen and oxygen atoms in total. The van der Waals surface area contributed by atoms with E-state index in [0.717, 1.165) is 16.5 Å². The van der Waals surface area contributed by atoms with Gasteiger partial charge in [-0.1, -0.05) is 65.1 Å². The van der Waals surface area contributed by atoms with E-state index in [-0.39, 0.29) is 25.0 Å². The molecule has 2 aromatic rings. The lowest BCUT2D eigenvalue weighted by molar-refractivity contribution is -0.143. The van der Waals surface area contributed by atoms with Gasteiger partial charge in [0.15, 0.2) is 6.61 Å². The highest BCUT2D eigenvalue weighted by atomic mass is 79.9. The van der Waals surface area contributed by atoms with E-state index >= 15 is 0 Å². The molecule has 0 unspecified atom stereocenters. The van der Waals surface area contributed by atoms with E-state index in [1.165, 1.54) is 0 Å². The summed E-state index contributed by atoms with van der Waals surface area (Å²) in [4.78, 5) is 27.3. The highest BCUT2D eigenvalue weighted by Crippen LogP contribution is 2.28. The molecule has 30 heavy (non-hydrogen) atoms. The van der Waals surface area contributed by atoms with Crippen LogP contribution in [-0.2, 0) is 16.1 Å². The minimum absolute atomic E-state index is 0.177. The largest absolute Gasteiger partial charge is 0.482 e. The van der Waals surface area contributed by atoms with Gasteiger partial charge in [-0.05, 0) is 48.7 Å². The Balaban J connectivity index is 2.20. The molecule has 0 saturated heterocycles. The molecule has 1 atom stereocenters. The molecular formula is C22H25BrCl2N2O3. The molecule has 2 rings (SSSR count). The maximum absolute atomic E-state index is 13.1. The minimum atomic E-state index is -0.608. The van der Waals surface area contributed by atoms with Gasteiger partial charge >= 0.3 is 0 Å². The van der Waals surface area contributed by atoms with E-state index in [0.29, 0.717) is 28.8 Å². The van der Waals surface area contributed by atoms with Crippen LogP contribution in [0.4, 0.5) is 0 Å². The molecule has 0 fully saturated rings. The first-order chi connectivity index (χ1) is 14.3. The van der Waals surface area contributed by atoms with Crippen molar-refractivity contribution in [1.29, 1.82) is 0 Å². The Morgan fingerprint density at radius 3 is 2.43 bits per heavy atom. The summed E-state index contributed by atoms with van der Waals surface area (Å²) in [5.41, 5.74) is 0.871. The molecule has 0 saturated carbocycles. The number of hydrogen-bond acceptors (Lipinski definition) is 3. The van der Waals surface area contributed by atoms with E-state index in [1.54, 1.807) is 35.2 Å². The molecular weight excluding hydrogens is 491 g/mol. The number of carbonyl (C=O) groups excluding carboxylic acids is 2.